The van der Waals surface area contributed by atoms with Gasteiger partial charge in [0.2, 0.25) is 5.91 Å². The van der Waals surface area contributed by atoms with Crippen molar-refractivity contribution in [3.63, 3.8) is 0 Å². The number of likely N-dealkylation sites (tertiary alicyclic amines) is 1. The lowest BCUT2D eigenvalue weighted by atomic mass is 10.1. The monoisotopic (exact) mass is 240 g/mol. The predicted octanol–water partition coefficient (Wildman–Crippen LogP) is 1.86. The van der Waals surface area contributed by atoms with Gasteiger partial charge in [0.1, 0.15) is 11.6 Å². The van der Waals surface area contributed by atoms with Gasteiger partial charge >= 0.3 is 0 Å². The van der Waals surface area contributed by atoms with Crippen LogP contribution in [-0.4, -0.2) is 30.9 Å². The fourth-order valence-corrected chi connectivity index (χ4v) is 1.97. The number of amides is 1. The van der Waals surface area contributed by atoms with Crippen LogP contribution in [0.2, 0.25) is 0 Å². The number of carbonyl (C=O) groups is 1. The Balaban J connectivity index is 2.03. The van der Waals surface area contributed by atoms with Crippen molar-refractivity contribution in [3.8, 4) is 0 Å². The smallest absolute Gasteiger partial charge is 0.228 e. The van der Waals surface area contributed by atoms with Crippen LogP contribution in [0.5, 0.6) is 0 Å². The first kappa shape index (κ1) is 12.0. The van der Waals surface area contributed by atoms with E-state index in [1.165, 1.54) is 6.07 Å². The Kier molecular flexibility index (Phi) is 3.38. The molecule has 17 heavy (non-hydrogen) atoms. The third kappa shape index (κ3) is 2.79. The molecule has 1 N–H and O–H groups in total. The number of nitrogens with one attached hydrogen (secondary N) is 1. The maximum absolute atomic E-state index is 13.3. The third-order valence-electron chi connectivity index (χ3n) is 2.95. The van der Waals surface area contributed by atoms with Crippen LogP contribution in [0.1, 0.15) is 6.42 Å². The van der Waals surface area contributed by atoms with Gasteiger partial charge in [-0.3, -0.25) is 4.79 Å². The van der Waals surface area contributed by atoms with E-state index in [1.54, 1.807) is 0 Å². The van der Waals surface area contributed by atoms with Crippen molar-refractivity contribution >= 4 is 11.6 Å². The average Bonchev–Trinajstić information content (AvgIpc) is 2.69. The molecule has 1 unspecified atom stereocenters. The first-order valence-corrected chi connectivity index (χ1v) is 5.50. The molecule has 1 heterocycles. The van der Waals surface area contributed by atoms with Crippen LogP contribution in [0.3, 0.4) is 0 Å². The van der Waals surface area contributed by atoms with Gasteiger partial charge in [-0.1, -0.05) is 0 Å². The second-order valence-corrected chi connectivity index (χ2v) is 4.36. The Morgan fingerprint density at radius 2 is 2.24 bits per heavy atom. The molecule has 0 aliphatic carbocycles. The van der Waals surface area contributed by atoms with Crippen molar-refractivity contribution in [2.75, 3.05) is 25.5 Å². The third-order valence-corrected chi connectivity index (χ3v) is 2.95. The largest absolute Gasteiger partial charge is 0.323 e. The molecule has 0 spiro atoms. The van der Waals surface area contributed by atoms with E-state index in [9.17, 15) is 13.6 Å². The van der Waals surface area contributed by atoms with Gasteiger partial charge in [0.05, 0.1) is 11.6 Å². The number of anilines is 1. The summed E-state index contributed by atoms with van der Waals surface area (Å²) < 4.78 is 26.0. The highest BCUT2D eigenvalue weighted by molar-refractivity contribution is 5.93. The summed E-state index contributed by atoms with van der Waals surface area (Å²) in [6.07, 6.45) is 0.769. The first-order chi connectivity index (χ1) is 8.06. The zero-order valence-electron chi connectivity index (χ0n) is 9.54. The van der Waals surface area contributed by atoms with E-state index in [-0.39, 0.29) is 17.5 Å². The van der Waals surface area contributed by atoms with Crippen LogP contribution in [0, 0.1) is 17.6 Å². The highest BCUT2D eigenvalue weighted by atomic mass is 19.1. The lowest BCUT2D eigenvalue weighted by Crippen LogP contribution is -2.25. The molecule has 1 saturated heterocycles. The highest BCUT2D eigenvalue weighted by Gasteiger charge is 2.26. The van der Waals surface area contributed by atoms with E-state index in [2.05, 4.69) is 5.32 Å². The molecule has 1 aromatic rings. The van der Waals surface area contributed by atoms with Crippen LogP contribution in [0.4, 0.5) is 14.5 Å². The second kappa shape index (κ2) is 4.79. The normalized spacial score (nSPS) is 20.5. The fraction of sp³-hybridized carbons (Fsp3) is 0.417. The molecule has 0 saturated carbocycles. The molecule has 0 bridgehead atoms. The van der Waals surface area contributed by atoms with Crippen molar-refractivity contribution in [1.82, 2.24) is 4.90 Å². The van der Waals surface area contributed by atoms with E-state index < -0.39 is 11.6 Å². The number of benzene rings is 1. The minimum Gasteiger partial charge on any atom is -0.323 e. The van der Waals surface area contributed by atoms with Gasteiger partial charge in [-0.2, -0.15) is 0 Å². The molecular weight excluding hydrogens is 226 g/mol. The summed E-state index contributed by atoms with van der Waals surface area (Å²) in [5, 5.41) is 2.49. The number of rotatable bonds is 2. The standard InChI is InChI=1S/C12H14F2N2O/c1-16-5-4-8(7-16)12(17)15-11-3-2-9(13)6-10(11)14/h2-3,6,8H,4-5,7H2,1H3,(H,15,17). The summed E-state index contributed by atoms with van der Waals surface area (Å²) in [5.41, 5.74) is 0.0333. The number of nitrogens with zero attached hydrogens (tertiary/aromatic N) is 1. The van der Waals surface area contributed by atoms with Crippen molar-refractivity contribution in [1.29, 1.82) is 0 Å². The summed E-state index contributed by atoms with van der Waals surface area (Å²) in [5.74, 6) is -1.73. The number of hydrogen-bond donors (Lipinski definition) is 1. The molecule has 0 radical (unpaired) electrons. The number of hydrogen-bond acceptors (Lipinski definition) is 2. The second-order valence-electron chi connectivity index (χ2n) is 4.36. The minimum atomic E-state index is -0.746. The molecular formula is C12H14F2N2O. The van der Waals surface area contributed by atoms with Gasteiger partial charge in [-0.15, -0.1) is 0 Å². The van der Waals surface area contributed by atoms with Gasteiger partial charge in [0, 0.05) is 12.6 Å². The summed E-state index contributed by atoms with van der Waals surface area (Å²) in [6.45, 7) is 1.54. The zero-order valence-corrected chi connectivity index (χ0v) is 9.54. The van der Waals surface area contributed by atoms with E-state index in [0.717, 1.165) is 25.1 Å². The molecule has 1 aliphatic heterocycles. The number of carbonyl (C=O) groups excluding carboxylic acids is 1. The lowest BCUT2D eigenvalue weighted by molar-refractivity contribution is -0.119. The van der Waals surface area contributed by atoms with Gasteiger partial charge in [0.25, 0.3) is 0 Å². The van der Waals surface area contributed by atoms with Crippen molar-refractivity contribution < 1.29 is 13.6 Å². The Morgan fingerprint density at radius 3 is 2.82 bits per heavy atom. The molecule has 1 fully saturated rings. The average molecular weight is 240 g/mol. The Labute approximate surface area is 98.4 Å². The van der Waals surface area contributed by atoms with Crippen molar-refractivity contribution in [3.05, 3.63) is 29.8 Å². The Bertz CT molecular complexity index is 437. The van der Waals surface area contributed by atoms with Crippen LogP contribution in [0.25, 0.3) is 0 Å². The molecule has 1 aromatic carbocycles. The van der Waals surface area contributed by atoms with Crippen LogP contribution in [0.15, 0.2) is 18.2 Å². The van der Waals surface area contributed by atoms with Gasteiger partial charge < -0.3 is 10.2 Å². The van der Waals surface area contributed by atoms with E-state index in [4.69, 9.17) is 0 Å². The summed E-state index contributed by atoms with van der Waals surface area (Å²) in [4.78, 5) is 13.8. The van der Waals surface area contributed by atoms with Gasteiger partial charge in [-0.25, -0.2) is 8.78 Å². The molecule has 3 nitrogen and oxygen atoms in total. The van der Waals surface area contributed by atoms with Gasteiger partial charge in [0.15, 0.2) is 0 Å². The van der Waals surface area contributed by atoms with Crippen LogP contribution in [-0.2, 0) is 4.79 Å². The molecule has 0 aromatic heterocycles. The molecule has 1 atom stereocenters. The first-order valence-electron chi connectivity index (χ1n) is 5.50. The fourth-order valence-electron chi connectivity index (χ4n) is 1.97. The SMILES string of the molecule is CN1CCC(C(=O)Nc2ccc(F)cc2F)C1. The molecule has 1 amide bonds. The maximum atomic E-state index is 13.3. The Hall–Kier alpha value is -1.49. The summed E-state index contributed by atoms with van der Waals surface area (Å²) in [7, 11) is 1.94. The highest BCUT2D eigenvalue weighted by Crippen LogP contribution is 2.19. The van der Waals surface area contributed by atoms with Crippen LogP contribution >= 0.6 is 0 Å². The zero-order chi connectivity index (χ0) is 12.4. The molecule has 5 heteroatoms. The quantitative estimate of drug-likeness (QED) is 0.855. The topological polar surface area (TPSA) is 32.3 Å². The van der Waals surface area contributed by atoms with Gasteiger partial charge in [-0.05, 0) is 32.1 Å². The van der Waals surface area contributed by atoms with E-state index in [1.807, 2.05) is 11.9 Å². The minimum absolute atomic E-state index is 0.0333. The van der Waals surface area contributed by atoms with E-state index >= 15 is 0 Å². The van der Waals surface area contributed by atoms with Crippen LogP contribution < -0.4 is 5.32 Å². The number of halogens is 2. The lowest BCUT2D eigenvalue weighted by Gasteiger charge is -2.11. The molecule has 92 valence electrons. The maximum Gasteiger partial charge on any atom is 0.228 e. The van der Waals surface area contributed by atoms with Crippen molar-refractivity contribution in [2.24, 2.45) is 5.92 Å². The summed E-state index contributed by atoms with van der Waals surface area (Å²) >= 11 is 0. The molecule has 1 aliphatic rings. The Morgan fingerprint density at radius 1 is 1.47 bits per heavy atom. The predicted molar refractivity (Wildman–Crippen MR) is 60.6 cm³/mol. The molecule has 2 rings (SSSR count). The van der Waals surface area contributed by atoms with Crippen molar-refractivity contribution in [2.45, 2.75) is 6.42 Å². The summed E-state index contributed by atoms with van der Waals surface area (Å²) in [6, 6.07) is 3.12. The van der Waals surface area contributed by atoms with E-state index in [0.29, 0.717) is 6.54 Å².